The highest BCUT2D eigenvalue weighted by atomic mass is 16.5. The summed E-state index contributed by atoms with van der Waals surface area (Å²) in [6.07, 6.45) is 1.41. The van der Waals surface area contributed by atoms with Gasteiger partial charge in [0.2, 0.25) is 5.91 Å². The largest absolute Gasteiger partial charge is 0.508 e. The van der Waals surface area contributed by atoms with Crippen molar-refractivity contribution in [1.29, 1.82) is 0 Å². The number of carbonyl (C=O) groups excluding carboxylic acids is 1. The van der Waals surface area contributed by atoms with Crippen molar-refractivity contribution in [3.63, 3.8) is 0 Å². The summed E-state index contributed by atoms with van der Waals surface area (Å²) in [6.45, 7) is 2.04. The van der Waals surface area contributed by atoms with Crippen LogP contribution in [0.15, 0.2) is 54.6 Å². The Morgan fingerprint density at radius 1 is 1.08 bits per heavy atom. The highest BCUT2D eigenvalue weighted by Gasteiger charge is 2.15. The first-order valence-corrected chi connectivity index (χ1v) is 8.90. The SMILES string of the molecule is CC(CO)OC[C@H](Cc1ccc(O)cc1)NC(=O)CCc1ccccc1. The second-order valence-electron chi connectivity index (χ2n) is 6.45. The molecule has 0 saturated carbocycles. The zero-order chi connectivity index (χ0) is 18.8. The van der Waals surface area contributed by atoms with Crippen LogP contribution in [0, 0.1) is 0 Å². The van der Waals surface area contributed by atoms with Crippen LogP contribution in [0.5, 0.6) is 5.75 Å². The fourth-order valence-corrected chi connectivity index (χ4v) is 2.60. The number of aliphatic hydroxyl groups is 1. The third-order valence-electron chi connectivity index (χ3n) is 4.11. The monoisotopic (exact) mass is 357 g/mol. The molecule has 5 heteroatoms. The number of ether oxygens (including phenoxy) is 1. The number of aliphatic hydroxyl groups excluding tert-OH is 1. The van der Waals surface area contributed by atoms with Crippen LogP contribution in [0.4, 0.5) is 0 Å². The minimum atomic E-state index is -0.279. The average Bonchev–Trinajstić information content (AvgIpc) is 2.66. The smallest absolute Gasteiger partial charge is 0.220 e. The number of hydrogen-bond donors (Lipinski definition) is 3. The average molecular weight is 357 g/mol. The molecule has 0 aliphatic heterocycles. The lowest BCUT2D eigenvalue weighted by molar-refractivity contribution is -0.122. The van der Waals surface area contributed by atoms with E-state index in [1.165, 1.54) is 0 Å². The highest BCUT2D eigenvalue weighted by molar-refractivity contribution is 5.76. The maximum Gasteiger partial charge on any atom is 0.220 e. The first-order chi connectivity index (χ1) is 12.6. The van der Waals surface area contributed by atoms with Gasteiger partial charge in [0.05, 0.1) is 25.4 Å². The first kappa shape index (κ1) is 19.9. The number of rotatable bonds is 10. The second-order valence-corrected chi connectivity index (χ2v) is 6.45. The molecule has 3 N–H and O–H groups in total. The third kappa shape index (κ3) is 7.25. The van der Waals surface area contributed by atoms with E-state index in [-0.39, 0.29) is 30.4 Å². The molecule has 26 heavy (non-hydrogen) atoms. The van der Waals surface area contributed by atoms with Gasteiger partial charge in [0.1, 0.15) is 5.75 Å². The summed E-state index contributed by atoms with van der Waals surface area (Å²) >= 11 is 0. The van der Waals surface area contributed by atoms with Gasteiger partial charge in [-0.1, -0.05) is 42.5 Å². The lowest BCUT2D eigenvalue weighted by Crippen LogP contribution is -2.41. The predicted octanol–water partition coefficient (Wildman–Crippen LogP) is 2.45. The Balaban J connectivity index is 1.91. The summed E-state index contributed by atoms with van der Waals surface area (Å²) in [6, 6.07) is 16.6. The van der Waals surface area contributed by atoms with Gasteiger partial charge in [-0.25, -0.2) is 0 Å². The van der Waals surface area contributed by atoms with E-state index >= 15 is 0 Å². The van der Waals surface area contributed by atoms with E-state index in [4.69, 9.17) is 9.84 Å². The standard InChI is InChI=1S/C21H27NO4/c1-16(14-23)26-15-19(13-18-7-10-20(24)11-8-18)22-21(25)12-9-17-5-3-2-4-6-17/h2-8,10-11,16,19,23-24H,9,12-15H2,1H3,(H,22,25)/t16?,19-/m0/s1. The maximum atomic E-state index is 12.3. The van der Waals surface area contributed by atoms with Crippen LogP contribution >= 0.6 is 0 Å². The van der Waals surface area contributed by atoms with E-state index in [9.17, 15) is 9.90 Å². The van der Waals surface area contributed by atoms with Crippen LogP contribution < -0.4 is 5.32 Å². The van der Waals surface area contributed by atoms with E-state index in [0.717, 1.165) is 11.1 Å². The molecule has 2 aromatic rings. The van der Waals surface area contributed by atoms with Crippen LogP contribution in [-0.4, -0.2) is 41.5 Å². The number of amides is 1. The number of aryl methyl sites for hydroxylation is 1. The molecule has 0 fully saturated rings. The van der Waals surface area contributed by atoms with E-state index in [1.54, 1.807) is 19.1 Å². The minimum Gasteiger partial charge on any atom is -0.508 e. The van der Waals surface area contributed by atoms with E-state index in [0.29, 0.717) is 25.9 Å². The Labute approximate surface area is 154 Å². The zero-order valence-corrected chi connectivity index (χ0v) is 15.1. The topological polar surface area (TPSA) is 78.8 Å². The van der Waals surface area contributed by atoms with Crippen molar-refractivity contribution >= 4 is 5.91 Å². The van der Waals surface area contributed by atoms with Gasteiger partial charge in [-0.05, 0) is 43.0 Å². The molecule has 1 unspecified atom stereocenters. The van der Waals surface area contributed by atoms with Gasteiger partial charge >= 0.3 is 0 Å². The van der Waals surface area contributed by atoms with Crippen molar-refractivity contribution in [2.24, 2.45) is 0 Å². The molecule has 0 spiro atoms. The fourth-order valence-electron chi connectivity index (χ4n) is 2.60. The van der Waals surface area contributed by atoms with Gasteiger partial charge in [-0.3, -0.25) is 4.79 Å². The maximum absolute atomic E-state index is 12.3. The molecule has 0 aliphatic rings. The van der Waals surface area contributed by atoms with Crippen LogP contribution in [0.25, 0.3) is 0 Å². The molecule has 5 nitrogen and oxygen atoms in total. The van der Waals surface area contributed by atoms with Gasteiger partial charge in [0.15, 0.2) is 0 Å². The molecule has 0 bridgehead atoms. The van der Waals surface area contributed by atoms with Crippen molar-refractivity contribution in [3.8, 4) is 5.75 Å². The van der Waals surface area contributed by atoms with Gasteiger partial charge in [-0.15, -0.1) is 0 Å². The third-order valence-corrected chi connectivity index (χ3v) is 4.11. The molecule has 2 atom stereocenters. The number of carbonyl (C=O) groups is 1. The van der Waals surface area contributed by atoms with Crippen molar-refractivity contribution in [3.05, 3.63) is 65.7 Å². The number of hydrogen-bond acceptors (Lipinski definition) is 4. The predicted molar refractivity (Wildman–Crippen MR) is 101 cm³/mol. The molecule has 0 radical (unpaired) electrons. The lowest BCUT2D eigenvalue weighted by atomic mass is 10.1. The Morgan fingerprint density at radius 2 is 1.77 bits per heavy atom. The van der Waals surface area contributed by atoms with Gasteiger partial charge in [-0.2, -0.15) is 0 Å². The number of phenolic OH excluding ortho intramolecular Hbond substituents is 1. The van der Waals surface area contributed by atoms with Crippen molar-refractivity contribution < 1.29 is 19.7 Å². The number of nitrogens with one attached hydrogen (secondary N) is 1. The molecule has 0 saturated heterocycles. The molecule has 140 valence electrons. The van der Waals surface area contributed by atoms with Crippen molar-refractivity contribution in [1.82, 2.24) is 5.32 Å². The molecule has 0 aliphatic carbocycles. The Bertz CT molecular complexity index is 657. The summed E-state index contributed by atoms with van der Waals surface area (Å²) in [7, 11) is 0. The fraction of sp³-hybridized carbons (Fsp3) is 0.381. The molecule has 0 aromatic heterocycles. The summed E-state index contributed by atoms with van der Waals surface area (Å²) in [5.41, 5.74) is 2.12. The normalized spacial score (nSPS) is 13.2. The quantitative estimate of drug-likeness (QED) is 0.610. The van der Waals surface area contributed by atoms with E-state index < -0.39 is 0 Å². The summed E-state index contributed by atoms with van der Waals surface area (Å²) in [5, 5.41) is 21.5. The molecule has 2 aromatic carbocycles. The lowest BCUT2D eigenvalue weighted by Gasteiger charge is -2.21. The molecule has 2 rings (SSSR count). The van der Waals surface area contributed by atoms with E-state index in [2.05, 4.69) is 5.32 Å². The summed E-state index contributed by atoms with van der Waals surface area (Å²) in [4.78, 5) is 12.3. The Hall–Kier alpha value is -2.37. The first-order valence-electron chi connectivity index (χ1n) is 8.90. The molecule has 0 heterocycles. The zero-order valence-electron chi connectivity index (χ0n) is 15.1. The highest BCUT2D eigenvalue weighted by Crippen LogP contribution is 2.12. The Morgan fingerprint density at radius 3 is 2.42 bits per heavy atom. The van der Waals surface area contributed by atoms with Crippen LogP contribution in [0.3, 0.4) is 0 Å². The molecular weight excluding hydrogens is 330 g/mol. The molecular formula is C21H27NO4. The minimum absolute atomic E-state index is 0.0297. The van der Waals surface area contributed by atoms with Crippen LogP contribution in [0.1, 0.15) is 24.5 Å². The van der Waals surface area contributed by atoms with Crippen LogP contribution in [0.2, 0.25) is 0 Å². The van der Waals surface area contributed by atoms with Crippen molar-refractivity contribution in [2.75, 3.05) is 13.2 Å². The Kier molecular flexibility index (Phi) is 8.12. The molecule has 1 amide bonds. The van der Waals surface area contributed by atoms with Gasteiger partial charge in [0, 0.05) is 6.42 Å². The summed E-state index contributed by atoms with van der Waals surface area (Å²) < 4.78 is 5.60. The van der Waals surface area contributed by atoms with Gasteiger partial charge in [0.25, 0.3) is 0 Å². The number of benzene rings is 2. The second kappa shape index (κ2) is 10.6. The van der Waals surface area contributed by atoms with E-state index in [1.807, 2.05) is 42.5 Å². The van der Waals surface area contributed by atoms with Gasteiger partial charge < -0.3 is 20.3 Å². The van der Waals surface area contributed by atoms with Crippen LogP contribution in [-0.2, 0) is 22.4 Å². The number of aromatic hydroxyl groups is 1. The van der Waals surface area contributed by atoms with Crippen molar-refractivity contribution in [2.45, 2.75) is 38.3 Å². The summed E-state index contributed by atoms with van der Waals surface area (Å²) in [5.74, 6) is 0.181. The number of phenols is 1.